The summed E-state index contributed by atoms with van der Waals surface area (Å²) in [5, 5.41) is 20.0. The number of carbonyl (C=O) groups excluding carboxylic acids is 2. The Balaban J connectivity index is 1.86. The van der Waals surface area contributed by atoms with Crippen LogP contribution in [0.25, 0.3) is 0 Å². The lowest BCUT2D eigenvalue weighted by atomic mass is 9.92. The van der Waals surface area contributed by atoms with Crippen molar-refractivity contribution < 1.29 is 29.3 Å². The van der Waals surface area contributed by atoms with E-state index in [9.17, 15) is 19.8 Å². The van der Waals surface area contributed by atoms with E-state index in [0.717, 1.165) is 40.9 Å². The van der Waals surface area contributed by atoms with E-state index < -0.39 is 17.3 Å². The zero-order valence-corrected chi connectivity index (χ0v) is 21.7. The summed E-state index contributed by atoms with van der Waals surface area (Å²) in [6.45, 7) is 10.9. The average Bonchev–Trinajstić information content (AvgIpc) is 3.00. The van der Waals surface area contributed by atoms with Crippen LogP contribution in [0.15, 0.2) is 35.4 Å². The molecule has 1 aromatic carbocycles. The lowest BCUT2D eigenvalue weighted by Crippen LogP contribution is -2.41. The van der Waals surface area contributed by atoms with Gasteiger partial charge in [0.1, 0.15) is 17.6 Å². The van der Waals surface area contributed by atoms with Gasteiger partial charge in [-0.1, -0.05) is 17.2 Å². The molecule has 6 nitrogen and oxygen atoms in total. The number of hydrogen-bond donors (Lipinski definition) is 2. The molecule has 1 aliphatic rings. The number of carbonyl (C=O) groups is 2. The first kappa shape index (κ1) is 27.8. The Kier molecular flexibility index (Phi) is 9.26. The number of aryl methyl sites for hydroxylation is 1. The molecule has 0 saturated carbocycles. The van der Waals surface area contributed by atoms with Crippen LogP contribution < -0.4 is 4.74 Å². The smallest absolute Gasteiger partial charge is 0.167 e. The van der Waals surface area contributed by atoms with Gasteiger partial charge < -0.3 is 19.7 Å². The van der Waals surface area contributed by atoms with Crippen LogP contribution in [0, 0.1) is 6.92 Å². The van der Waals surface area contributed by atoms with Gasteiger partial charge in [0, 0.05) is 18.4 Å². The maximum absolute atomic E-state index is 12.5. The fraction of sp³-hybridized carbons (Fsp3) is 0.571. The van der Waals surface area contributed by atoms with Crippen LogP contribution in [0.5, 0.6) is 11.5 Å². The zero-order valence-electron chi connectivity index (χ0n) is 21.7. The number of aromatic hydroxyl groups is 1. The lowest BCUT2D eigenvalue weighted by Gasteiger charge is -2.28. The number of aliphatic hydroxyl groups is 1. The Morgan fingerprint density at radius 1 is 1.29 bits per heavy atom. The minimum atomic E-state index is -1.19. The predicted octanol–water partition coefficient (Wildman–Crippen LogP) is 5.16. The van der Waals surface area contributed by atoms with Crippen LogP contribution in [0.4, 0.5) is 0 Å². The maximum Gasteiger partial charge on any atom is 0.167 e. The molecule has 0 bridgehead atoms. The summed E-state index contributed by atoms with van der Waals surface area (Å²) < 4.78 is 11.4. The number of rotatable bonds is 11. The number of allylic oxidation sites excluding steroid dienone is 4. The van der Waals surface area contributed by atoms with Gasteiger partial charge in [0.15, 0.2) is 11.6 Å². The third kappa shape index (κ3) is 7.81. The van der Waals surface area contributed by atoms with E-state index in [4.69, 9.17) is 9.47 Å². The number of benzene rings is 1. The normalized spacial score (nSPS) is 21.8. The van der Waals surface area contributed by atoms with Crippen molar-refractivity contribution in [1.82, 2.24) is 0 Å². The first-order valence-corrected chi connectivity index (χ1v) is 11.9. The summed E-state index contributed by atoms with van der Waals surface area (Å²) in [5.41, 5.74) is 1.95. The molecule has 1 fully saturated rings. The van der Waals surface area contributed by atoms with E-state index in [-0.39, 0.29) is 17.3 Å². The van der Waals surface area contributed by atoms with Crippen LogP contribution in [-0.2, 0) is 20.7 Å². The molecular weight excluding hydrogens is 432 g/mol. The van der Waals surface area contributed by atoms with Gasteiger partial charge in [0.2, 0.25) is 0 Å². The highest BCUT2D eigenvalue weighted by Crippen LogP contribution is 2.36. The summed E-state index contributed by atoms with van der Waals surface area (Å²) in [6.07, 6.45) is 6.34. The van der Waals surface area contributed by atoms with Crippen LogP contribution >= 0.6 is 0 Å². The summed E-state index contributed by atoms with van der Waals surface area (Å²) in [5.74, 6) is 0.939. The van der Waals surface area contributed by atoms with E-state index in [1.807, 2.05) is 33.8 Å². The molecule has 0 spiro atoms. The average molecular weight is 473 g/mol. The van der Waals surface area contributed by atoms with Crippen LogP contribution in [0.1, 0.15) is 77.8 Å². The van der Waals surface area contributed by atoms with Gasteiger partial charge >= 0.3 is 0 Å². The highest BCUT2D eigenvalue weighted by atomic mass is 16.5. The van der Waals surface area contributed by atoms with Gasteiger partial charge in [-0.05, 0) is 91.0 Å². The van der Waals surface area contributed by atoms with Crippen LogP contribution in [0.2, 0.25) is 0 Å². The lowest BCUT2D eigenvalue weighted by molar-refractivity contribution is -0.143. The van der Waals surface area contributed by atoms with E-state index >= 15 is 0 Å². The number of hydrogen-bond acceptors (Lipinski definition) is 6. The molecular formula is C28H40O6. The molecule has 1 aliphatic heterocycles. The summed E-state index contributed by atoms with van der Waals surface area (Å²) in [7, 11) is 1.61. The van der Waals surface area contributed by atoms with Crippen molar-refractivity contribution in [3.05, 3.63) is 46.6 Å². The minimum Gasteiger partial charge on any atom is -0.508 e. The van der Waals surface area contributed by atoms with Gasteiger partial charge in [0.05, 0.1) is 18.3 Å². The van der Waals surface area contributed by atoms with Gasteiger partial charge in [-0.2, -0.15) is 0 Å². The molecule has 1 saturated heterocycles. The van der Waals surface area contributed by atoms with Crippen molar-refractivity contribution in [1.29, 1.82) is 0 Å². The molecule has 0 unspecified atom stereocenters. The second kappa shape index (κ2) is 11.3. The number of ether oxygens (including phenoxy) is 2. The first-order chi connectivity index (χ1) is 15.7. The van der Waals surface area contributed by atoms with Crippen molar-refractivity contribution in [2.75, 3.05) is 7.11 Å². The van der Waals surface area contributed by atoms with Gasteiger partial charge in [-0.15, -0.1) is 0 Å². The van der Waals surface area contributed by atoms with Gasteiger partial charge in [0.25, 0.3) is 0 Å². The van der Waals surface area contributed by atoms with Crippen molar-refractivity contribution >= 4 is 11.6 Å². The Morgan fingerprint density at radius 3 is 2.56 bits per heavy atom. The Bertz CT molecular complexity index is 966. The third-order valence-electron chi connectivity index (χ3n) is 6.23. The SMILES string of the molecule is COc1c(C)cc(O)cc1C/C=C(\C)CC(=O)/C=C(/C)CCC[C@]1(C)CC(=O)[C@@H](C(C)(C)O)O1. The molecule has 1 heterocycles. The monoisotopic (exact) mass is 472 g/mol. The number of phenols is 1. The Hall–Kier alpha value is -2.44. The number of ketones is 2. The van der Waals surface area contributed by atoms with Gasteiger partial charge in [-0.25, -0.2) is 0 Å². The second-order valence-electron chi connectivity index (χ2n) is 10.4. The largest absolute Gasteiger partial charge is 0.508 e. The molecule has 2 rings (SSSR count). The van der Waals surface area contributed by atoms with Crippen molar-refractivity contribution in [3.63, 3.8) is 0 Å². The fourth-order valence-corrected chi connectivity index (χ4v) is 4.58. The van der Waals surface area contributed by atoms with Gasteiger partial charge in [-0.3, -0.25) is 9.59 Å². The van der Waals surface area contributed by atoms with Crippen molar-refractivity contribution in [3.8, 4) is 11.5 Å². The molecule has 0 radical (unpaired) electrons. The molecule has 1 aromatic rings. The number of methoxy groups -OCH3 is 1. The molecule has 2 atom stereocenters. The van der Waals surface area contributed by atoms with E-state index in [1.165, 1.54) is 0 Å². The maximum atomic E-state index is 12.5. The first-order valence-electron chi connectivity index (χ1n) is 11.9. The molecule has 188 valence electrons. The second-order valence-corrected chi connectivity index (χ2v) is 10.4. The minimum absolute atomic E-state index is 0.0471. The van der Waals surface area contributed by atoms with Crippen LogP contribution in [0.3, 0.4) is 0 Å². The van der Waals surface area contributed by atoms with E-state index in [1.54, 1.807) is 39.2 Å². The molecule has 2 N–H and O–H groups in total. The highest BCUT2D eigenvalue weighted by molar-refractivity contribution is 5.92. The highest BCUT2D eigenvalue weighted by Gasteiger charge is 2.47. The summed E-state index contributed by atoms with van der Waals surface area (Å²) in [6, 6.07) is 3.35. The Morgan fingerprint density at radius 2 is 1.97 bits per heavy atom. The summed E-state index contributed by atoms with van der Waals surface area (Å²) in [4.78, 5) is 24.7. The topological polar surface area (TPSA) is 93.1 Å². The van der Waals surface area contributed by atoms with Crippen molar-refractivity contribution in [2.24, 2.45) is 0 Å². The van der Waals surface area contributed by atoms with E-state index in [2.05, 4.69) is 0 Å². The van der Waals surface area contributed by atoms with Crippen LogP contribution in [-0.4, -0.2) is 46.2 Å². The van der Waals surface area contributed by atoms with E-state index in [0.29, 0.717) is 25.7 Å². The zero-order chi connectivity index (χ0) is 25.7. The molecule has 34 heavy (non-hydrogen) atoms. The molecule has 6 heteroatoms. The Labute approximate surface area is 203 Å². The predicted molar refractivity (Wildman–Crippen MR) is 133 cm³/mol. The fourth-order valence-electron chi connectivity index (χ4n) is 4.58. The van der Waals surface area contributed by atoms with Crippen molar-refractivity contribution in [2.45, 2.75) is 97.4 Å². The molecule has 0 amide bonds. The quantitative estimate of drug-likeness (QED) is 0.341. The summed E-state index contributed by atoms with van der Waals surface area (Å²) >= 11 is 0. The third-order valence-corrected chi connectivity index (χ3v) is 6.23. The molecule has 0 aromatic heterocycles. The molecule has 0 aliphatic carbocycles. The number of phenolic OH excluding ortho intramolecular Hbond substituents is 1. The standard InChI is InChI=1S/C28H40O6/c1-18(9-8-12-28(6)17-24(31)26(34-28)27(4,5)32)13-22(29)14-19(2)10-11-21-16-23(30)15-20(3)25(21)33-7/h10,13,15-16,26,30,32H,8-9,11-12,14,17H2,1-7H3/b18-13-,19-10+/t26-,28+/m0/s1. The number of Topliss-reactive ketones (excluding diaryl/α,β-unsaturated/α-hetero) is 1.